The maximum Gasteiger partial charge on any atom is 0.255 e. The number of aromatic nitrogens is 2. The van der Waals surface area contributed by atoms with E-state index >= 15 is 0 Å². The van der Waals surface area contributed by atoms with Crippen molar-refractivity contribution in [2.75, 3.05) is 5.32 Å². The van der Waals surface area contributed by atoms with Crippen LogP contribution in [0.1, 0.15) is 21.6 Å². The van der Waals surface area contributed by atoms with E-state index in [2.05, 4.69) is 10.4 Å². The van der Waals surface area contributed by atoms with Gasteiger partial charge in [0.05, 0.1) is 17.6 Å². The van der Waals surface area contributed by atoms with Crippen LogP contribution in [-0.2, 0) is 13.7 Å². The van der Waals surface area contributed by atoms with Gasteiger partial charge in [0.25, 0.3) is 5.91 Å². The molecule has 1 N–H and O–H groups in total. The Morgan fingerprint density at radius 1 is 1.24 bits per heavy atom. The van der Waals surface area contributed by atoms with Gasteiger partial charge in [-0.25, -0.2) is 0 Å². The van der Waals surface area contributed by atoms with Gasteiger partial charge in [-0.15, -0.1) is 0 Å². The minimum atomic E-state index is -0.176. The number of benzene rings is 2. The highest BCUT2D eigenvalue weighted by Gasteiger charge is 2.11. The molecule has 1 heterocycles. The van der Waals surface area contributed by atoms with Crippen molar-refractivity contribution in [2.24, 2.45) is 7.05 Å². The summed E-state index contributed by atoms with van der Waals surface area (Å²) in [6, 6.07) is 14.5. The maximum absolute atomic E-state index is 12.4. The second-order valence-electron chi connectivity index (χ2n) is 5.66. The van der Waals surface area contributed by atoms with Crippen molar-refractivity contribution in [2.45, 2.75) is 13.5 Å². The standard InChI is InChI=1S/C19H18ClN3O2/c1-13-18(11-21-23(13)2)22-19(24)15-5-3-4-14(10-15)12-25-17-8-6-16(20)7-9-17/h3-11H,12H2,1-2H3,(H,22,24). The van der Waals surface area contributed by atoms with Crippen LogP contribution in [0.5, 0.6) is 5.75 Å². The number of aryl methyl sites for hydroxylation is 1. The first-order valence-corrected chi connectivity index (χ1v) is 8.18. The Bertz CT molecular complexity index is 888. The Hall–Kier alpha value is -2.79. The van der Waals surface area contributed by atoms with Gasteiger partial charge >= 0.3 is 0 Å². The zero-order valence-corrected chi connectivity index (χ0v) is 14.7. The molecule has 0 aliphatic rings. The Labute approximate surface area is 151 Å². The molecule has 0 fully saturated rings. The van der Waals surface area contributed by atoms with Crippen LogP contribution in [0.4, 0.5) is 5.69 Å². The number of ether oxygens (including phenoxy) is 1. The second-order valence-corrected chi connectivity index (χ2v) is 6.10. The summed E-state index contributed by atoms with van der Waals surface area (Å²) in [4.78, 5) is 12.4. The SMILES string of the molecule is Cc1c(NC(=O)c2cccc(COc3ccc(Cl)cc3)c2)cnn1C. The molecule has 128 valence electrons. The number of nitrogens with one attached hydrogen (secondary N) is 1. The van der Waals surface area contributed by atoms with Gasteiger partial charge in [0.15, 0.2) is 0 Å². The lowest BCUT2D eigenvalue weighted by atomic mass is 10.1. The summed E-state index contributed by atoms with van der Waals surface area (Å²) in [6.07, 6.45) is 1.64. The van der Waals surface area contributed by atoms with E-state index in [0.29, 0.717) is 22.9 Å². The average molecular weight is 356 g/mol. The van der Waals surface area contributed by atoms with Gasteiger partial charge in [0, 0.05) is 17.6 Å². The minimum Gasteiger partial charge on any atom is -0.489 e. The van der Waals surface area contributed by atoms with Crippen LogP contribution in [0.15, 0.2) is 54.7 Å². The summed E-state index contributed by atoms with van der Waals surface area (Å²) < 4.78 is 7.43. The summed E-state index contributed by atoms with van der Waals surface area (Å²) in [5.41, 5.74) is 3.08. The fourth-order valence-corrected chi connectivity index (χ4v) is 2.44. The Balaban J connectivity index is 1.67. The van der Waals surface area contributed by atoms with Crippen LogP contribution in [0.25, 0.3) is 0 Å². The predicted molar refractivity (Wildman–Crippen MR) is 98.1 cm³/mol. The second kappa shape index (κ2) is 7.40. The number of nitrogens with zero attached hydrogens (tertiary/aromatic N) is 2. The zero-order chi connectivity index (χ0) is 17.8. The van der Waals surface area contributed by atoms with Crippen LogP contribution in [0.3, 0.4) is 0 Å². The third-order valence-electron chi connectivity index (χ3n) is 3.89. The van der Waals surface area contributed by atoms with Crippen LogP contribution >= 0.6 is 11.6 Å². The first-order valence-electron chi connectivity index (χ1n) is 7.80. The molecule has 0 spiro atoms. The third-order valence-corrected chi connectivity index (χ3v) is 4.14. The van der Waals surface area contributed by atoms with Crippen molar-refractivity contribution in [1.82, 2.24) is 9.78 Å². The molecule has 0 saturated heterocycles. The van der Waals surface area contributed by atoms with E-state index in [1.165, 1.54) is 0 Å². The summed E-state index contributed by atoms with van der Waals surface area (Å²) >= 11 is 5.86. The molecule has 2 aromatic carbocycles. The van der Waals surface area contributed by atoms with Gasteiger partial charge in [0.2, 0.25) is 0 Å². The number of carbonyl (C=O) groups is 1. The topological polar surface area (TPSA) is 56.1 Å². The van der Waals surface area contributed by atoms with Crippen molar-refractivity contribution < 1.29 is 9.53 Å². The molecule has 0 bridgehead atoms. The molecule has 25 heavy (non-hydrogen) atoms. The highest BCUT2D eigenvalue weighted by molar-refractivity contribution is 6.30. The highest BCUT2D eigenvalue weighted by atomic mass is 35.5. The van der Waals surface area contributed by atoms with Crippen molar-refractivity contribution in [1.29, 1.82) is 0 Å². The normalized spacial score (nSPS) is 10.5. The first-order chi connectivity index (χ1) is 12.0. The summed E-state index contributed by atoms with van der Waals surface area (Å²) in [5.74, 6) is 0.551. The van der Waals surface area contributed by atoms with E-state index in [1.54, 1.807) is 29.1 Å². The van der Waals surface area contributed by atoms with Crippen molar-refractivity contribution in [3.63, 3.8) is 0 Å². The molecular formula is C19H18ClN3O2. The van der Waals surface area contributed by atoms with E-state index in [4.69, 9.17) is 16.3 Å². The molecule has 0 aliphatic heterocycles. The molecule has 6 heteroatoms. The molecule has 1 aromatic heterocycles. The number of amides is 1. The van der Waals surface area contributed by atoms with Gasteiger partial charge in [-0.1, -0.05) is 23.7 Å². The molecule has 1 amide bonds. The molecule has 5 nitrogen and oxygen atoms in total. The number of halogens is 1. The highest BCUT2D eigenvalue weighted by Crippen LogP contribution is 2.18. The Kier molecular flexibility index (Phi) is 5.05. The van der Waals surface area contributed by atoms with Gasteiger partial charge < -0.3 is 10.1 Å². The van der Waals surface area contributed by atoms with E-state index in [0.717, 1.165) is 17.0 Å². The maximum atomic E-state index is 12.4. The van der Waals surface area contributed by atoms with Gasteiger partial charge in [-0.3, -0.25) is 9.48 Å². The lowest BCUT2D eigenvalue weighted by Gasteiger charge is -2.09. The fraction of sp³-hybridized carbons (Fsp3) is 0.158. The van der Waals surface area contributed by atoms with Gasteiger partial charge in [0.1, 0.15) is 12.4 Å². The molecule has 0 aliphatic carbocycles. The van der Waals surface area contributed by atoms with Crippen molar-refractivity contribution in [3.8, 4) is 5.75 Å². The largest absolute Gasteiger partial charge is 0.489 e. The Morgan fingerprint density at radius 2 is 2.00 bits per heavy atom. The lowest BCUT2D eigenvalue weighted by Crippen LogP contribution is -2.13. The van der Waals surface area contributed by atoms with Crippen LogP contribution in [0, 0.1) is 6.92 Å². The minimum absolute atomic E-state index is 0.176. The number of anilines is 1. The van der Waals surface area contributed by atoms with E-state index in [-0.39, 0.29) is 5.91 Å². The molecule has 0 saturated carbocycles. The van der Waals surface area contributed by atoms with Crippen LogP contribution in [0.2, 0.25) is 5.02 Å². The van der Waals surface area contributed by atoms with E-state index < -0.39 is 0 Å². The lowest BCUT2D eigenvalue weighted by molar-refractivity contribution is 0.102. The van der Waals surface area contributed by atoms with Gasteiger partial charge in [-0.05, 0) is 48.9 Å². The van der Waals surface area contributed by atoms with E-state index in [9.17, 15) is 4.79 Å². The monoisotopic (exact) mass is 355 g/mol. The number of carbonyl (C=O) groups excluding carboxylic acids is 1. The van der Waals surface area contributed by atoms with Crippen LogP contribution < -0.4 is 10.1 Å². The van der Waals surface area contributed by atoms with Crippen molar-refractivity contribution in [3.05, 3.63) is 76.6 Å². The number of rotatable bonds is 5. The Morgan fingerprint density at radius 3 is 2.68 bits per heavy atom. The number of hydrogen-bond donors (Lipinski definition) is 1. The third kappa shape index (κ3) is 4.19. The summed E-state index contributed by atoms with van der Waals surface area (Å²) in [6.45, 7) is 2.27. The summed E-state index contributed by atoms with van der Waals surface area (Å²) in [7, 11) is 1.83. The van der Waals surface area contributed by atoms with Crippen molar-refractivity contribution >= 4 is 23.2 Å². The predicted octanol–water partition coefficient (Wildman–Crippen LogP) is 4.21. The fourth-order valence-electron chi connectivity index (χ4n) is 2.32. The summed E-state index contributed by atoms with van der Waals surface area (Å²) in [5, 5.41) is 7.66. The van der Waals surface area contributed by atoms with E-state index in [1.807, 2.05) is 44.3 Å². The molecular weight excluding hydrogens is 338 g/mol. The quantitative estimate of drug-likeness (QED) is 0.745. The zero-order valence-electron chi connectivity index (χ0n) is 14.0. The molecule has 0 atom stereocenters. The molecule has 3 aromatic rings. The molecule has 0 unspecified atom stereocenters. The van der Waals surface area contributed by atoms with Gasteiger partial charge in [-0.2, -0.15) is 5.10 Å². The molecule has 0 radical (unpaired) electrons. The van der Waals surface area contributed by atoms with Crippen LogP contribution in [-0.4, -0.2) is 15.7 Å². The first kappa shape index (κ1) is 17.0. The average Bonchev–Trinajstić information content (AvgIpc) is 2.93. The number of hydrogen-bond acceptors (Lipinski definition) is 3. The molecule has 3 rings (SSSR count). The smallest absolute Gasteiger partial charge is 0.255 e.